The molecule has 1 aromatic heterocycles. The van der Waals surface area contributed by atoms with Gasteiger partial charge in [0.05, 0.1) is 17.3 Å². The summed E-state index contributed by atoms with van der Waals surface area (Å²) in [6, 6.07) is 19.7. The fourth-order valence-corrected chi connectivity index (χ4v) is 3.37. The van der Waals surface area contributed by atoms with Gasteiger partial charge in [0.15, 0.2) is 0 Å². The molecule has 4 rings (SSSR count). The number of aromatic nitrogens is 2. The molecule has 0 radical (unpaired) electrons. The molecule has 3 aromatic rings. The van der Waals surface area contributed by atoms with Gasteiger partial charge >= 0.3 is 0 Å². The topological polar surface area (TPSA) is 84.7 Å². The van der Waals surface area contributed by atoms with E-state index in [1.807, 2.05) is 30.3 Å². The van der Waals surface area contributed by atoms with Crippen LogP contribution in [-0.4, -0.2) is 9.55 Å². The van der Waals surface area contributed by atoms with E-state index in [1.165, 1.54) is 10.1 Å². The molecule has 0 unspecified atom stereocenters. The van der Waals surface area contributed by atoms with Gasteiger partial charge in [-0.1, -0.05) is 36.4 Å². The molecule has 5 nitrogen and oxygen atoms in total. The number of hydrogen-bond donors (Lipinski definition) is 1. The number of anilines is 1. The van der Waals surface area contributed by atoms with Gasteiger partial charge in [-0.3, -0.25) is 9.36 Å². The Hall–Kier alpha value is -3.39. The van der Waals surface area contributed by atoms with Gasteiger partial charge in [-0.25, -0.2) is 4.98 Å². The minimum absolute atomic E-state index is 0.125. The molecule has 1 aliphatic rings. The van der Waals surface area contributed by atoms with E-state index < -0.39 is 0 Å². The molecular formula is C21H18N4O. The predicted octanol–water partition coefficient (Wildman–Crippen LogP) is 3.17. The molecule has 1 saturated carbocycles. The quantitative estimate of drug-likeness (QED) is 0.792. The highest BCUT2D eigenvalue weighted by Crippen LogP contribution is 2.54. The van der Waals surface area contributed by atoms with E-state index in [4.69, 9.17) is 11.0 Å². The highest BCUT2D eigenvalue weighted by Gasteiger charge is 2.41. The van der Waals surface area contributed by atoms with Crippen LogP contribution in [-0.2, 0) is 7.05 Å². The van der Waals surface area contributed by atoms with Gasteiger partial charge in [-0.15, -0.1) is 0 Å². The van der Waals surface area contributed by atoms with Crippen molar-refractivity contribution in [3.8, 4) is 17.2 Å². The predicted molar refractivity (Wildman–Crippen MR) is 101 cm³/mol. The number of nitriles is 1. The Morgan fingerprint density at radius 2 is 1.85 bits per heavy atom. The van der Waals surface area contributed by atoms with Crippen LogP contribution >= 0.6 is 0 Å². The molecule has 0 aliphatic heterocycles. The number of nitrogens with two attached hydrogens (primary N) is 1. The lowest BCUT2D eigenvalue weighted by Crippen LogP contribution is -2.21. The molecule has 2 atom stereocenters. The normalized spacial score (nSPS) is 18.3. The van der Waals surface area contributed by atoms with Crippen LogP contribution in [0.3, 0.4) is 0 Å². The summed E-state index contributed by atoms with van der Waals surface area (Å²) in [6.45, 7) is 0. The van der Waals surface area contributed by atoms with Crippen LogP contribution in [0.25, 0.3) is 11.1 Å². The standard InChI is InChI=1S/C21H18N4O/c1-25-20(26)11-19(24-21(25)23)18-10-17(18)16-7-3-6-15(9-16)14-5-2-4-13(8-14)12-22/h2-9,11,17-18H,10H2,1H3,(H2,23,24)/t17-,18-/m0/s1. The van der Waals surface area contributed by atoms with Gasteiger partial charge in [0.25, 0.3) is 5.56 Å². The summed E-state index contributed by atoms with van der Waals surface area (Å²) in [5, 5.41) is 9.09. The SMILES string of the molecule is Cn1c(N)nc([C@H]2C[C@H]2c2cccc(-c3cccc(C#N)c3)c2)cc1=O. The van der Waals surface area contributed by atoms with Crippen molar-refractivity contribution in [1.82, 2.24) is 9.55 Å². The first kappa shape index (κ1) is 16.1. The third-order valence-corrected chi connectivity index (χ3v) is 5.00. The van der Waals surface area contributed by atoms with Gasteiger partial charge in [-0.2, -0.15) is 5.26 Å². The van der Waals surface area contributed by atoms with E-state index in [0.717, 1.165) is 23.2 Å². The molecule has 0 amide bonds. The van der Waals surface area contributed by atoms with Crippen LogP contribution in [0, 0.1) is 11.3 Å². The second kappa shape index (κ2) is 6.16. The van der Waals surface area contributed by atoms with E-state index in [-0.39, 0.29) is 17.4 Å². The van der Waals surface area contributed by atoms with Gasteiger partial charge in [0.1, 0.15) is 0 Å². The Morgan fingerprint density at radius 3 is 2.58 bits per heavy atom. The van der Waals surface area contributed by atoms with Crippen LogP contribution in [0.5, 0.6) is 0 Å². The molecule has 5 heteroatoms. The lowest BCUT2D eigenvalue weighted by molar-refractivity contribution is 0.813. The van der Waals surface area contributed by atoms with Gasteiger partial charge in [0, 0.05) is 19.0 Å². The third-order valence-electron chi connectivity index (χ3n) is 5.00. The Kier molecular flexibility index (Phi) is 3.81. The maximum Gasteiger partial charge on any atom is 0.254 e. The molecule has 1 aliphatic carbocycles. The number of benzene rings is 2. The first-order valence-electron chi connectivity index (χ1n) is 8.51. The smallest absolute Gasteiger partial charge is 0.254 e. The summed E-state index contributed by atoms with van der Waals surface area (Å²) in [5.41, 5.74) is 10.5. The average Bonchev–Trinajstić information content (AvgIpc) is 3.47. The van der Waals surface area contributed by atoms with Crippen molar-refractivity contribution in [2.45, 2.75) is 18.3 Å². The summed E-state index contributed by atoms with van der Waals surface area (Å²) in [5.74, 6) is 0.820. The van der Waals surface area contributed by atoms with Crippen LogP contribution in [0.15, 0.2) is 59.4 Å². The Bertz CT molecular complexity index is 1090. The first-order chi connectivity index (χ1) is 12.6. The molecule has 128 valence electrons. The van der Waals surface area contributed by atoms with E-state index in [0.29, 0.717) is 11.5 Å². The first-order valence-corrected chi connectivity index (χ1v) is 8.51. The van der Waals surface area contributed by atoms with Crippen LogP contribution < -0.4 is 11.3 Å². The summed E-state index contributed by atoms with van der Waals surface area (Å²) >= 11 is 0. The van der Waals surface area contributed by atoms with Gasteiger partial charge in [0.2, 0.25) is 5.95 Å². The molecule has 1 heterocycles. The van der Waals surface area contributed by atoms with Crippen molar-refractivity contribution in [2.75, 3.05) is 5.73 Å². The maximum absolute atomic E-state index is 12.0. The molecule has 2 aromatic carbocycles. The summed E-state index contributed by atoms with van der Waals surface area (Å²) in [4.78, 5) is 16.3. The Labute approximate surface area is 151 Å². The van der Waals surface area contributed by atoms with Crippen molar-refractivity contribution in [2.24, 2.45) is 7.05 Å². The third kappa shape index (κ3) is 2.86. The fraction of sp³-hybridized carbons (Fsp3) is 0.190. The number of rotatable bonds is 3. The molecule has 0 spiro atoms. The molecule has 26 heavy (non-hydrogen) atoms. The highest BCUT2D eigenvalue weighted by molar-refractivity contribution is 5.66. The summed E-state index contributed by atoms with van der Waals surface area (Å²) in [6.07, 6.45) is 0.960. The van der Waals surface area contributed by atoms with Crippen molar-refractivity contribution >= 4 is 5.95 Å². The van der Waals surface area contributed by atoms with E-state index in [2.05, 4.69) is 23.2 Å². The Balaban J connectivity index is 1.63. The Morgan fingerprint density at radius 1 is 1.12 bits per heavy atom. The lowest BCUT2D eigenvalue weighted by Gasteiger charge is -2.07. The van der Waals surface area contributed by atoms with Crippen molar-refractivity contribution in [3.05, 3.63) is 81.8 Å². The minimum Gasteiger partial charge on any atom is -0.369 e. The lowest BCUT2D eigenvalue weighted by atomic mass is 9.99. The number of hydrogen-bond acceptors (Lipinski definition) is 4. The summed E-state index contributed by atoms with van der Waals surface area (Å²) in [7, 11) is 1.62. The fourth-order valence-electron chi connectivity index (χ4n) is 3.37. The van der Waals surface area contributed by atoms with Crippen LogP contribution in [0.4, 0.5) is 5.95 Å². The zero-order valence-electron chi connectivity index (χ0n) is 14.4. The average molecular weight is 342 g/mol. The van der Waals surface area contributed by atoms with E-state index >= 15 is 0 Å². The second-order valence-corrected chi connectivity index (χ2v) is 6.70. The van der Waals surface area contributed by atoms with Crippen molar-refractivity contribution in [3.63, 3.8) is 0 Å². The molecule has 0 saturated heterocycles. The number of nitrogens with zero attached hydrogens (tertiary/aromatic N) is 3. The van der Waals surface area contributed by atoms with Gasteiger partial charge < -0.3 is 5.73 Å². The second-order valence-electron chi connectivity index (χ2n) is 6.70. The largest absolute Gasteiger partial charge is 0.369 e. The van der Waals surface area contributed by atoms with Crippen molar-refractivity contribution < 1.29 is 0 Å². The highest BCUT2D eigenvalue weighted by atomic mass is 16.1. The monoisotopic (exact) mass is 342 g/mol. The van der Waals surface area contributed by atoms with Gasteiger partial charge in [-0.05, 0) is 41.2 Å². The number of nitrogen functional groups attached to an aromatic ring is 1. The van der Waals surface area contributed by atoms with Crippen molar-refractivity contribution in [1.29, 1.82) is 5.26 Å². The summed E-state index contributed by atoms with van der Waals surface area (Å²) < 4.78 is 1.35. The zero-order valence-corrected chi connectivity index (χ0v) is 14.4. The van der Waals surface area contributed by atoms with E-state index in [1.54, 1.807) is 19.2 Å². The minimum atomic E-state index is -0.125. The maximum atomic E-state index is 12.0. The molecular weight excluding hydrogens is 324 g/mol. The molecule has 0 bridgehead atoms. The van der Waals surface area contributed by atoms with E-state index in [9.17, 15) is 4.79 Å². The zero-order chi connectivity index (χ0) is 18.3. The molecule has 1 fully saturated rings. The van der Waals surface area contributed by atoms with Crippen LogP contribution in [0.1, 0.15) is 35.1 Å². The molecule has 2 N–H and O–H groups in total. The van der Waals surface area contributed by atoms with Crippen LogP contribution in [0.2, 0.25) is 0 Å².